The fourth-order valence-electron chi connectivity index (χ4n) is 1.40. The molecule has 14 heavy (non-hydrogen) atoms. The number of rotatable bonds is 0. The van der Waals surface area contributed by atoms with Gasteiger partial charge in [0.1, 0.15) is 0 Å². The third kappa shape index (κ3) is 2.03. The molecule has 2 rings (SSSR count). The van der Waals surface area contributed by atoms with Gasteiger partial charge in [0.2, 0.25) is 0 Å². The highest BCUT2D eigenvalue weighted by atomic mass is 35.5. The van der Waals surface area contributed by atoms with Crippen molar-refractivity contribution in [1.29, 1.82) is 0 Å². The molecule has 0 aliphatic rings. The molecular formula is C10H12Cl2N2. The Kier molecular flexibility index (Phi) is 4.54. The molecular weight excluding hydrogens is 219 g/mol. The van der Waals surface area contributed by atoms with Crippen LogP contribution in [0.15, 0.2) is 36.4 Å². The van der Waals surface area contributed by atoms with Crippen LogP contribution in [0.2, 0.25) is 0 Å². The Hall–Kier alpha value is -1.12. The van der Waals surface area contributed by atoms with Gasteiger partial charge in [-0.3, -0.25) is 0 Å². The SMILES string of the molecule is Cl.Cl.Nc1cccc2cccc(N)c12. The molecule has 4 heteroatoms. The average Bonchev–Trinajstić information content (AvgIpc) is 2.04. The molecule has 0 amide bonds. The highest BCUT2D eigenvalue weighted by Gasteiger charge is 1.98. The normalized spacial score (nSPS) is 8.86. The van der Waals surface area contributed by atoms with Crippen LogP contribution in [-0.4, -0.2) is 0 Å². The zero-order chi connectivity index (χ0) is 8.55. The molecule has 2 aromatic carbocycles. The number of hydrogen-bond donors (Lipinski definition) is 2. The van der Waals surface area contributed by atoms with Crippen LogP contribution in [0.5, 0.6) is 0 Å². The molecule has 0 aliphatic carbocycles. The Bertz CT molecular complexity index is 393. The van der Waals surface area contributed by atoms with Crippen LogP contribution in [0.3, 0.4) is 0 Å². The monoisotopic (exact) mass is 230 g/mol. The van der Waals surface area contributed by atoms with Crippen molar-refractivity contribution in [3.05, 3.63) is 36.4 Å². The summed E-state index contributed by atoms with van der Waals surface area (Å²) in [6, 6.07) is 11.6. The predicted octanol–water partition coefficient (Wildman–Crippen LogP) is 2.85. The zero-order valence-corrected chi connectivity index (χ0v) is 9.07. The maximum atomic E-state index is 5.78. The lowest BCUT2D eigenvalue weighted by atomic mass is 10.1. The molecule has 0 radical (unpaired) electrons. The molecule has 0 heterocycles. The van der Waals surface area contributed by atoms with E-state index in [1.165, 1.54) is 0 Å². The lowest BCUT2D eigenvalue weighted by Crippen LogP contribution is -1.91. The quantitative estimate of drug-likeness (QED) is 0.685. The standard InChI is InChI=1S/C10H10N2.2ClH/c11-8-5-1-3-7-4-2-6-9(12)10(7)8;;/h1-6H,11-12H2;2*1H. The van der Waals surface area contributed by atoms with Gasteiger partial charge in [0, 0.05) is 16.8 Å². The first-order valence-electron chi connectivity index (χ1n) is 3.82. The first kappa shape index (κ1) is 12.9. The molecule has 0 saturated carbocycles. The summed E-state index contributed by atoms with van der Waals surface area (Å²) in [4.78, 5) is 0. The second-order valence-corrected chi connectivity index (χ2v) is 2.79. The third-order valence-electron chi connectivity index (χ3n) is 1.97. The molecule has 2 nitrogen and oxygen atoms in total. The van der Waals surface area contributed by atoms with Crippen molar-refractivity contribution in [2.45, 2.75) is 0 Å². The largest absolute Gasteiger partial charge is 0.398 e. The summed E-state index contributed by atoms with van der Waals surface area (Å²) >= 11 is 0. The Morgan fingerprint density at radius 2 is 1.14 bits per heavy atom. The van der Waals surface area contributed by atoms with Crippen molar-refractivity contribution in [1.82, 2.24) is 0 Å². The summed E-state index contributed by atoms with van der Waals surface area (Å²) < 4.78 is 0. The minimum Gasteiger partial charge on any atom is -0.398 e. The first-order chi connectivity index (χ1) is 5.79. The lowest BCUT2D eigenvalue weighted by molar-refractivity contribution is 1.71. The molecule has 0 spiro atoms. The second kappa shape index (κ2) is 4.94. The number of nitrogens with two attached hydrogens (primary N) is 2. The van der Waals surface area contributed by atoms with Gasteiger partial charge in [0.25, 0.3) is 0 Å². The predicted molar refractivity (Wildman–Crippen MR) is 67.3 cm³/mol. The fraction of sp³-hybridized carbons (Fsp3) is 0. The Balaban J connectivity index is 0.000000845. The molecule has 4 N–H and O–H groups in total. The minimum absolute atomic E-state index is 0. The van der Waals surface area contributed by atoms with Crippen LogP contribution in [-0.2, 0) is 0 Å². The Morgan fingerprint density at radius 1 is 0.714 bits per heavy atom. The van der Waals surface area contributed by atoms with Crippen LogP contribution in [0, 0.1) is 0 Å². The number of anilines is 2. The van der Waals surface area contributed by atoms with Gasteiger partial charge in [0.15, 0.2) is 0 Å². The summed E-state index contributed by atoms with van der Waals surface area (Å²) in [5.74, 6) is 0. The van der Waals surface area contributed by atoms with Gasteiger partial charge in [-0.1, -0.05) is 24.3 Å². The van der Waals surface area contributed by atoms with E-state index >= 15 is 0 Å². The van der Waals surface area contributed by atoms with Crippen molar-refractivity contribution in [2.75, 3.05) is 11.5 Å². The number of fused-ring (bicyclic) bond motifs is 1. The number of nitrogen functional groups attached to an aromatic ring is 2. The summed E-state index contributed by atoms with van der Waals surface area (Å²) in [6.45, 7) is 0. The van der Waals surface area contributed by atoms with E-state index in [-0.39, 0.29) is 24.8 Å². The Labute approximate surface area is 95.1 Å². The van der Waals surface area contributed by atoms with Gasteiger partial charge < -0.3 is 11.5 Å². The fourth-order valence-corrected chi connectivity index (χ4v) is 1.40. The number of benzene rings is 2. The maximum absolute atomic E-state index is 5.78. The molecule has 0 aromatic heterocycles. The van der Waals surface area contributed by atoms with Crippen molar-refractivity contribution in [3.63, 3.8) is 0 Å². The highest BCUT2D eigenvalue weighted by molar-refractivity contribution is 6.01. The summed E-state index contributed by atoms with van der Waals surface area (Å²) in [6.07, 6.45) is 0. The highest BCUT2D eigenvalue weighted by Crippen LogP contribution is 2.25. The van der Waals surface area contributed by atoms with Crippen molar-refractivity contribution < 1.29 is 0 Å². The summed E-state index contributed by atoms with van der Waals surface area (Å²) in [5, 5.41) is 2.05. The van der Waals surface area contributed by atoms with E-state index in [1.807, 2.05) is 36.4 Å². The first-order valence-corrected chi connectivity index (χ1v) is 3.82. The van der Waals surface area contributed by atoms with Crippen LogP contribution in [0.25, 0.3) is 10.8 Å². The van der Waals surface area contributed by atoms with Gasteiger partial charge in [-0.05, 0) is 17.5 Å². The summed E-state index contributed by atoms with van der Waals surface area (Å²) in [5.41, 5.74) is 13.0. The van der Waals surface area contributed by atoms with Gasteiger partial charge in [-0.2, -0.15) is 0 Å². The van der Waals surface area contributed by atoms with Crippen LogP contribution in [0.4, 0.5) is 11.4 Å². The topological polar surface area (TPSA) is 52.0 Å². The van der Waals surface area contributed by atoms with E-state index in [9.17, 15) is 0 Å². The van der Waals surface area contributed by atoms with Gasteiger partial charge in [-0.25, -0.2) is 0 Å². The average molecular weight is 231 g/mol. The summed E-state index contributed by atoms with van der Waals surface area (Å²) in [7, 11) is 0. The smallest absolute Gasteiger partial charge is 0.0414 e. The minimum atomic E-state index is 0. The number of hydrogen-bond acceptors (Lipinski definition) is 2. The molecule has 0 bridgehead atoms. The van der Waals surface area contributed by atoms with E-state index in [4.69, 9.17) is 11.5 Å². The van der Waals surface area contributed by atoms with Crippen molar-refractivity contribution in [2.24, 2.45) is 0 Å². The third-order valence-corrected chi connectivity index (χ3v) is 1.97. The molecule has 2 aromatic rings. The van der Waals surface area contributed by atoms with E-state index < -0.39 is 0 Å². The zero-order valence-electron chi connectivity index (χ0n) is 7.44. The molecule has 76 valence electrons. The molecule has 0 atom stereocenters. The van der Waals surface area contributed by atoms with E-state index in [2.05, 4.69) is 0 Å². The van der Waals surface area contributed by atoms with Crippen molar-refractivity contribution in [3.8, 4) is 0 Å². The van der Waals surface area contributed by atoms with Crippen LogP contribution < -0.4 is 11.5 Å². The van der Waals surface area contributed by atoms with E-state index in [0.29, 0.717) is 0 Å². The second-order valence-electron chi connectivity index (χ2n) is 2.79. The van der Waals surface area contributed by atoms with Crippen LogP contribution in [0.1, 0.15) is 0 Å². The van der Waals surface area contributed by atoms with Crippen LogP contribution >= 0.6 is 24.8 Å². The van der Waals surface area contributed by atoms with Gasteiger partial charge in [0.05, 0.1) is 0 Å². The van der Waals surface area contributed by atoms with E-state index in [1.54, 1.807) is 0 Å². The molecule has 0 fully saturated rings. The van der Waals surface area contributed by atoms with Crippen molar-refractivity contribution >= 4 is 47.0 Å². The molecule has 0 aliphatic heterocycles. The number of halogens is 2. The van der Waals surface area contributed by atoms with Gasteiger partial charge >= 0.3 is 0 Å². The molecule has 0 unspecified atom stereocenters. The maximum Gasteiger partial charge on any atom is 0.0414 e. The Morgan fingerprint density at radius 3 is 1.50 bits per heavy atom. The lowest BCUT2D eigenvalue weighted by Gasteiger charge is -2.03. The van der Waals surface area contributed by atoms with E-state index in [0.717, 1.165) is 22.1 Å². The van der Waals surface area contributed by atoms with Gasteiger partial charge in [-0.15, -0.1) is 24.8 Å². The molecule has 0 saturated heterocycles.